The van der Waals surface area contributed by atoms with E-state index >= 15 is 0 Å². The maximum Gasteiger partial charge on any atom is 0.252 e. The molecule has 0 radical (unpaired) electrons. The van der Waals surface area contributed by atoms with Crippen LogP contribution in [0.4, 0.5) is 0 Å². The van der Waals surface area contributed by atoms with Crippen LogP contribution in [0.3, 0.4) is 0 Å². The molecule has 108 valence electrons. The SMILES string of the molecule is CCN([C@@H]1CCS(=O)(=O)C1)S(=O)(=O)c1ccc(Br)s1. The third kappa shape index (κ3) is 3.21. The summed E-state index contributed by atoms with van der Waals surface area (Å²) in [5.74, 6) is -0.00949. The minimum atomic E-state index is -3.61. The van der Waals surface area contributed by atoms with E-state index in [1.165, 1.54) is 10.4 Å². The van der Waals surface area contributed by atoms with Crippen LogP contribution < -0.4 is 0 Å². The molecule has 0 aromatic carbocycles. The number of halogens is 1. The van der Waals surface area contributed by atoms with E-state index < -0.39 is 25.9 Å². The number of thiophene rings is 1. The summed E-state index contributed by atoms with van der Waals surface area (Å²) in [5, 5.41) is 0. The van der Waals surface area contributed by atoms with E-state index in [-0.39, 0.29) is 22.3 Å². The highest BCUT2D eigenvalue weighted by atomic mass is 79.9. The van der Waals surface area contributed by atoms with Gasteiger partial charge in [-0.1, -0.05) is 6.92 Å². The van der Waals surface area contributed by atoms with Crippen LogP contribution in [0.15, 0.2) is 20.1 Å². The molecule has 2 rings (SSSR count). The molecule has 19 heavy (non-hydrogen) atoms. The van der Waals surface area contributed by atoms with Gasteiger partial charge in [0.25, 0.3) is 10.0 Å². The Bertz CT molecular complexity index is 665. The summed E-state index contributed by atoms with van der Waals surface area (Å²) >= 11 is 4.37. The van der Waals surface area contributed by atoms with Crippen molar-refractivity contribution in [1.82, 2.24) is 4.31 Å². The molecule has 1 aromatic heterocycles. The Morgan fingerprint density at radius 3 is 2.58 bits per heavy atom. The Morgan fingerprint density at radius 2 is 2.16 bits per heavy atom. The molecule has 1 fully saturated rings. The van der Waals surface area contributed by atoms with Gasteiger partial charge in [-0.2, -0.15) is 4.31 Å². The molecule has 0 amide bonds. The molecular formula is C10H14BrNO4S3. The maximum absolute atomic E-state index is 12.5. The van der Waals surface area contributed by atoms with Gasteiger partial charge in [0.15, 0.2) is 9.84 Å². The zero-order chi connectivity index (χ0) is 14.3. The predicted molar refractivity (Wildman–Crippen MR) is 78.6 cm³/mol. The second-order valence-electron chi connectivity index (χ2n) is 4.32. The first-order chi connectivity index (χ1) is 8.76. The van der Waals surface area contributed by atoms with E-state index in [0.717, 1.165) is 15.1 Å². The number of hydrogen-bond donors (Lipinski definition) is 0. The first-order valence-electron chi connectivity index (χ1n) is 5.74. The van der Waals surface area contributed by atoms with Crippen LogP contribution in [0.2, 0.25) is 0 Å². The van der Waals surface area contributed by atoms with Crippen molar-refractivity contribution in [2.24, 2.45) is 0 Å². The molecule has 0 bridgehead atoms. The summed E-state index contributed by atoms with van der Waals surface area (Å²) in [5.41, 5.74) is 0. The van der Waals surface area contributed by atoms with E-state index in [2.05, 4.69) is 15.9 Å². The van der Waals surface area contributed by atoms with Crippen LogP contribution in [0, 0.1) is 0 Å². The molecule has 0 unspecified atom stereocenters. The molecule has 5 nitrogen and oxygen atoms in total. The fourth-order valence-electron chi connectivity index (χ4n) is 2.18. The van der Waals surface area contributed by atoms with Crippen molar-refractivity contribution in [2.75, 3.05) is 18.1 Å². The van der Waals surface area contributed by atoms with Gasteiger partial charge in [0.2, 0.25) is 0 Å². The van der Waals surface area contributed by atoms with E-state index in [1.54, 1.807) is 13.0 Å². The lowest BCUT2D eigenvalue weighted by molar-refractivity contribution is 0.355. The number of sulfone groups is 1. The topological polar surface area (TPSA) is 71.5 Å². The molecule has 1 aromatic rings. The summed E-state index contributed by atoms with van der Waals surface area (Å²) in [4.78, 5) is 0. The van der Waals surface area contributed by atoms with Crippen molar-refractivity contribution < 1.29 is 16.8 Å². The van der Waals surface area contributed by atoms with Gasteiger partial charge >= 0.3 is 0 Å². The summed E-state index contributed by atoms with van der Waals surface area (Å²) in [6, 6.07) is 2.77. The second kappa shape index (κ2) is 5.44. The fraction of sp³-hybridized carbons (Fsp3) is 0.600. The van der Waals surface area contributed by atoms with E-state index in [9.17, 15) is 16.8 Å². The minimum Gasteiger partial charge on any atom is -0.229 e. The monoisotopic (exact) mass is 387 g/mol. The van der Waals surface area contributed by atoms with Gasteiger partial charge in [0, 0.05) is 12.6 Å². The van der Waals surface area contributed by atoms with Crippen molar-refractivity contribution in [3.8, 4) is 0 Å². The molecule has 0 N–H and O–H groups in total. The van der Waals surface area contributed by atoms with Gasteiger partial charge in [-0.15, -0.1) is 11.3 Å². The summed E-state index contributed by atoms with van der Waals surface area (Å²) in [7, 11) is -6.71. The third-order valence-electron chi connectivity index (χ3n) is 3.04. The van der Waals surface area contributed by atoms with Crippen molar-refractivity contribution in [1.29, 1.82) is 0 Å². The Hall–Kier alpha value is 0.0400. The lowest BCUT2D eigenvalue weighted by Gasteiger charge is -2.25. The van der Waals surface area contributed by atoms with Gasteiger partial charge in [-0.25, -0.2) is 16.8 Å². The second-order valence-corrected chi connectivity index (χ2v) is 11.1. The zero-order valence-electron chi connectivity index (χ0n) is 10.2. The molecule has 1 saturated heterocycles. The van der Waals surface area contributed by atoms with Crippen molar-refractivity contribution in [2.45, 2.75) is 23.6 Å². The van der Waals surface area contributed by atoms with Gasteiger partial charge in [-0.3, -0.25) is 0 Å². The fourth-order valence-corrected chi connectivity index (χ4v) is 7.81. The van der Waals surface area contributed by atoms with Crippen molar-refractivity contribution in [3.05, 3.63) is 15.9 Å². The van der Waals surface area contributed by atoms with Crippen LogP contribution in [0.25, 0.3) is 0 Å². The Kier molecular flexibility index (Phi) is 4.41. The summed E-state index contributed by atoms with van der Waals surface area (Å²) in [6.45, 7) is 2.00. The quantitative estimate of drug-likeness (QED) is 0.787. The average molecular weight is 388 g/mol. The van der Waals surface area contributed by atoms with Gasteiger partial charge < -0.3 is 0 Å². The zero-order valence-corrected chi connectivity index (χ0v) is 14.3. The summed E-state index contributed by atoms with van der Waals surface area (Å²) in [6.07, 6.45) is 0.377. The molecule has 2 heterocycles. The molecule has 9 heteroatoms. The molecular weight excluding hydrogens is 374 g/mol. The van der Waals surface area contributed by atoms with E-state index in [0.29, 0.717) is 6.42 Å². The van der Waals surface area contributed by atoms with E-state index in [1.807, 2.05) is 0 Å². The number of rotatable bonds is 4. The molecule has 1 aliphatic rings. The number of hydrogen-bond acceptors (Lipinski definition) is 5. The average Bonchev–Trinajstić information content (AvgIpc) is 2.86. The molecule has 0 spiro atoms. The Balaban J connectivity index is 2.32. The van der Waals surface area contributed by atoms with Gasteiger partial charge in [-0.05, 0) is 34.5 Å². The Labute approximate surface area is 125 Å². The highest BCUT2D eigenvalue weighted by Gasteiger charge is 2.38. The highest BCUT2D eigenvalue weighted by molar-refractivity contribution is 9.11. The van der Waals surface area contributed by atoms with Crippen LogP contribution >= 0.6 is 27.3 Å². The van der Waals surface area contributed by atoms with Crippen molar-refractivity contribution >= 4 is 47.1 Å². The van der Waals surface area contributed by atoms with Gasteiger partial charge in [0.1, 0.15) is 4.21 Å². The van der Waals surface area contributed by atoms with Gasteiger partial charge in [0.05, 0.1) is 15.3 Å². The normalized spacial score (nSPS) is 23.0. The first kappa shape index (κ1) is 15.4. The van der Waals surface area contributed by atoms with Crippen LogP contribution in [0.1, 0.15) is 13.3 Å². The molecule has 0 saturated carbocycles. The lowest BCUT2D eigenvalue weighted by atomic mass is 10.3. The van der Waals surface area contributed by atoms with Crippen LogP contribution in [0.5, 0.6) is 0 Å². The third-order valence-corrected chi connectivity index (χ3v) is 8.91. The Morgan fingerprint density at radius 1 is 1.47 bits per heavy atom. The highest BCUT2D eigenvalue weighted by Crippen LogP contribution is 2.31. The largest absolute Gasteiger partial charge is 0.252 e. The molecule has 0 aliphatic carbocycles. The first-order valence-corrected chi connectivity index (χ1v) is 10.6. The van der Waals surface area contributed by atoms with Crippen LogP contribution in [-0.4, -0.2) is 45.2 Å². The number of sulfonamides is 1. The lowest BCUT2D eigenvalue weighted by Crippen LogP contribution is -2.40. The van der Waals surface area contributed by atoms with Crippen molar-refractivity contribution in [3.63, 3.8) is 0 Å². The predicted octanol–water partition coefficient (Wildman–Crippen LogP) is 1.71. The van der Waals surface area contributed by atoms with Crippen LogP contribution in [-0.2, 0) is 19.9 Å². The smallest absolute Gasteiger partial charge is 0.229 e. The number of nitrogens with zero attached hydrogens (tertiary/aromatic N) is 1. The maximum atomic E-state index is 12.5. The summed E-state index contributed by atoms with van der Waals surface area (Å²) < 4.78 is 50.3. The molecule has 1 atom stereocenters. The standard InChI is InChI=1S/C10H14BrNO4S3/c1-2-12(8-5-6-18(13,14)7-8)19(15,16)10-4-3-9(11)17-10/h3-4,8H,2,5-7H2,1H3/t8-/m1/s1. The van der Waals surface area contributed by atoms with E-state index in [4.69, 9.17) is 0 Å². The molecule has 1 aliphatic heterocycles. The minimum absolute atomic E-state index is 0.0673.